The monoisotopic (exact) mass is 287 g/mol. The quantitative estimate of drug-likeness (QED) is 0.781. The van der Waals surface area contributed by atoms with Gasteiger partial charge in [-0.3, -0.25) is 0 Å². The van der Waals surface area contributed by atoms with Crippen molar-refractivity contribution >= 4 is 23.2 Å². The van der Waals surface area contributed by atoms with E-state index in [4.69, 9.17) is 27.9 Å². The molecule has 1 rings (SSSR count). The van der Waals surface area contributed by atoms with Crippen molar-refractivity contribution in [2.24, 2.45) is 0 Å². The van der Waals surface area contributed by atoms with Gasteiger partial charge >= 0.3 is 0 Å². The van der Waals surface area contributed by atoms with Crippen molar-refractivity contribution < 1.29 is 4.74 Å². The van der Waals surface area contributed by atoms with E-state index in [1.807, 2.05) is 13.0 Å². The van der Waals surface area contributed by atoms with Crippen LogP contribution < -0.4 is 10.1 Å². The highest BCUT2D eigenvalue weighted by Gasteiger charge is 2.13. The lowest BCUT2D eigenvalue weighted by atomic mass is 10.2. The zero-order valence-corrected chi connectivity index (χ0v) is 12.5. The molecule has 0 radical (unpaired) electrons. The predicted molar refractivity (Wildman–Crippen MR) is 78.7 cm³/mol. The maximum Gasteiger partial charge on any atom is 0.143 e. The molecule has 1 aromatic rings. The molecular formula is C14H19Cl2NO. The number of hydrogen-bond donors (Lipinski definition) is 1. The summed E-state index contributed by atoms with van der Waals surface area (Å²) in [6.45, 7) is 10.4. The van der Waals surface area contributed by atoms with Crippen LogP contribution in [0, 0.1) is 0 Å². The van der Waals surface area contributed by atoms with Crippen molar-refractivity contribution in [1.29, 1.82) is 0 Å². The van der Waals surface area contributed by atoms with Crippen molar-refractivity contribution in [1.82, 2.24) is 5.32 Å². The standard InChI is InChI=1S/C14H19Cl2NO/c1-5-10(4)18-14-11(8-17-9(2)3)6-12(15)7-13(14)16/h5-7,9-10,17H,1,8H2,2-4H3. The molecule has 0 saturated carbocycles. The minimum Gasteiger partial charge on any atom is -0.485 e. The van der Waals surface area contributed by atoms with Crippen LogP contribution >= 0.6 is 23.2 Å². The molecule has 0 saturated heterocycles. The second-order valence-corrected chi connectivity index (χ2v) is 5.31. The van der Waals surface area contributed by atoms with Crippen molar-refractivity contribution in [2.45, 2.75) is 39.5 Å². The molecular weight excluding hydrogens is 269 g/mol. The van der Waals surface area contributed by atoms with Gasteiger partial charge in [0.1, 0.15) is 11.9 Å². The molecule has 1 aromatic carbocycles. The fourth-order valence-electron chi connectivity index (χ4n) is 1.43. The molecule has 1 N–H and O–H groups in total. The summed E-state index contributed by atoms with van der Waals surface area (Å²) in [5.41, 5.74) is 0.954. The third-order valence-electron chi connectivity index (χ3n) is 2.42. The van der Waals surface area contributed by atoms with Gasteiger partial charge < -0.3 is 10.1 Å². The lowest BCUT2D eigenvalue weighted by molar-refractivity contribution is 0.267. The Kier molecular flexibility index (Phi) is 6.00. The van der Waals surface area contributed by atoms with Gasteiger partial charge in [-0.15, -0.1) is 0 Å². The summed E-state index contributed by atoms with van der Waals surface area (Å²) < 4.78 is 5.76. The molecule has 18 heavy (non-hydrogen) atoms. The molecule has 1 atom stereocenters. The van der Waals surface area contributed by atoms with Gasteiger partial charge in [-0.25, -0.2) is 0 Å². The number of hydrogen-bond acceptors (Lipinski definition) is 2. The Balaban J connectivity index is 3.00. The van der Waals surface area contributed by atoms with Gasteiger partial charge in [-0.05, 0) is 19.1 Å². The van der Waals surface area contributed by atoms with Crippen LogP contribution in [0.3, 0.4) is 0 Å². The number of nitrogens with one attached hydrogen (secondary N) is 1. The first kappa shape index (κ1) is 15.4. The summed E-state index contributed by atoms with van der Waals surface area (Å²) in [6.07, 6.45) is 1.63. The molecule has 0 heterocycles. The van der Waals surface area contributed by atoms with E-state index in [1.165, 1.54) is 0 Å². The van der Waals surface area contributed by atoms with Gasteiger partial charge in [-0.2, -0.15) is 0 Å². The molecule has 100 valence electrons. The third kappa shape index (κ3) is 4.52. The minimum atomic E-state index is -0.0959. The normalized spacial score (nSPS) is 12.6. The first-order valence-corrected chi connectivity index (χ1v) is 6.70. The van der Waals surface area contributed by atoms with E-state index >= 15 is 0 Å². The summed E-state index contributed by atoms with van der Waals surface area (Å²) in [7, 11) is 0. The smallest absolute Gasteiger partial charge is 0.143 e. The Morgan fingerprint density at radius 2 is 2.00 bits per heavy atom. The van der Waals surface area contributed by atoms with Crippen molar-refractivity contribution in [3.05, 3.63) is 40.4 Å². The topological polar surface area (TPSA) is 21.3 Å². The Bertz CT molecular complexity index is 419. The molecule has 2 nitrogen and oxygen atoms in total. The average molecular weight is 288 g/mol. The molecule has 0 fully saturated rings. The fourth-order valence-corrected chi connectivity index (χ4v) is 2.01. The van der Waals surface area contributed by atoms with Gasteiger partial charge in [-0.1, -0.05) is 49.7 Å². The molecule has 0 aliphatic rings. The molecule has 0 aliphatic carbocycles. The van der Waals surface area contributed by atoms with Crippen LogP contribution in [0.2, 0.25) is 10.0 Å². The highest BCUT2D eigenvalue weighted by atomic mass is 35.5. The second kappa shape index (κ2) is 7.03. The molecule has 0 aromatic heterocycles. The molecule has 0 aliphatic heterocycles. The van der Waals surface area contributed by atoms with Gasteiger partial charge in [0, 0.05) is 23.2 Å². The number of benzene rings is 1. The fraction of sp³-hybridized carbons (Fsp3) is 0.429. The molecule has 0 amide bonds. The highest BCUT2D eigenvalue weighted by Crippen LogP contribution is 2.33. The van der Waals surface area contributed by atoms with Crippen LogP contribution in [0.1, 0.15) is 26.3 Å². The lowest BCUT2D eigenvalue weighted by Gasteiger charge is -2.18. The lowest BCUT2D eigenvalue weighted by Crippen LogP contribution is -2.22. The van der Waals surface area contributed by atoms with Crippen LogP contribution in [0.5, 0.6) is 5.75 Å². The summed E-state index contributed by atoms with van der Waals surface area (Å²) in [4.78, 5) is 0. The molecule has 4 heteroatoms. The van der Waals surface area contributed by atoms with Crippen molar-refractivity contribution in [2.75, 3.05) is 0 Å². The van der Waals surface area contributed by atoms with Crippen LogP contribution in [-0.4, -0.2) is 12.1 Å². The Labute approximate surface area is 119 Å². The zero-order valence-electron chi connectivity index (χ0n) is 11.0. The first-order chi connectivity index (χ1) is 8.43. The first-order valence-electron chi connectivity index (χ1n) is 5.94. The summed E-state index contributed by atoms with van der Waals surface area (Å²) in [6, 6.07) is 3.94. The Hall–Kier alpha value is -0.700. The predicted octanol–water partition coefficient (Wildman–Crippen LogP) is 4.44. The van der Waals surface area contributed by atoms with Crippen LogP contribution in [0.15, 0.2) is 24.8 Å². The summed E-state index contributed by atoms with van der Waals surface area (Å²) >= 11 is 12.2. The summed E-state index contributed by atoms with van der Waals surface area (Å²) in [5.74, 6) is 0.668. The van der Waals surface area contributed by atoms with E-state index in [2.05, 4.69) is 25.7 Å². The Morgan fingerprint density at radius 3 is 2.56 bits per heavy atom. The maximum atomic E-state index is 6.18. The van der Waals surface area contributed by atoms with E-state index in [0.29, 0.717) is 28.4 Å². The molecule has 1 unspecified atom stereocenters. The zero-order chi connectivity index (χ0) is 13.7. The SMILES string of the molecule is C=CC(C)Oc1c(Cl)cc(Cl)cc1CNC(C)C. The third-order valence-corrected chi connectivity index (χ3v) is 2.92. The van der Waals surface area contributed by atoms with Gasteiger partial charge in [0.15, 0.2) is 0 Å². The average Bonchev–Trinajstić information content (AvgIpc) is 2.29. The number of halogens is 2. The van der Waals surface area contributed by atoms with Gasteiger partial charge in [0.05, 0.1) is 5.02 Å². The van der Waals surface area contributed by atoms with E-state index in [-0.39, 0.29) is 6.10 Å². The van der Waals surface area contributed by atoms with Crippen molar-refractivity contribution in [3.63, 3.8) is 0 Å². The van der Waals surface area contributed by atoms with E-state index < -0.39 is 0 Å². The highest BCUT2D eigenvalue weighted by molar-refractivity contribution is 6.35. The summed E-state index contributed by atoms with van der Waals surface area (Å²) in [5, 5.41) is 4.46. The molecule has 0 bridgehead atoms. The van der Waals surface area contributed by atoms with E-state index in [9.17, 15) is 0 Å². The Morgan fingerprint density at radius 1 is 1.33 bits per heavy atom. The van der Waals surface area contributed by atoms with Gasteiger partial charge in [0.2, 0.25) is 0 Å². The van der Waals surface area contributed by atoms with Gasteiger partial charge in [0.25, 0.3) is 0 Å². The van der Waals surface area contributed by atoms with Crippen LogP contribution in [-0.2, 0) is 6.54 Å². The number of ether oxygens (including phenoxy) is 1. The molecule has 0 spiro atoms. The largest absolute Gasteiger partial charge is 0.485 e. The van der Waals surface area contributed by atoms with Crippen LogP contribution in [0.25, 0.3) is 0 Å². The van der Waals surface area contributed by atoms with Crippen LogP contribution in [0.4, 0.5) is 0 Å². The maximum absolute atomic E-state index is 6.18. The van der Waals surface area contributed by atoms with Crippen molar-refractivity contribution in [3.8, 4) is 5.75 Å². The minimum absolute atomic E-state index is 0.0959. The van der Waals surface area contributed by atoms with E-state index in [0.717, 1.165) is 5.56 Å². The second-order valence-electron chi connectivity index (χ2n) is 4.47. The van der Waals surface area contributed by atoms with E-state index in [1.54, 1.807) is 12.1 Å². The number of rotatable bonds is 6.